The van der Waals surface area contributed by atoms with Gasteiger partial charge in [-0.2, -0.15) is 0 Å². The van der Waals surface area contributed by atoms with E-state index in [4.69, 9.17) is 9.47 Å². The molecule has 0 aliphatic carbocycles. The Morgan fingerprint density at radius 1 is 1.12 bits per heavy atom. The first-order valence-corrected chi connectivity index (χ1v) is 11.7. The van der Waals surface area contributed by atoms with Crippen molar-refractivity contribution in [2.45, 2.75) is 25.4 Å². The van der Waals surface area contributed by atoms with Crippen molar-refractivity contribution in [3.63, 3.8) is 0 Å². The number of benzene rings is 2. The van der Waals surface area contributed by atoms with Gasteiger partial charge in [0.15, 0.2) is 0 Å². The van der Waals surface area contributed by atoms with Crippen LogP contribution in [-0.2, 0) is 9.59 Å². The van der Waals surface area contributed by atoms with E-state index in [1.807, 2.05) is 53.4 Å². The molecular formula is C24H25N3O4S. The SMILES string of the molecule is COc1cccc(N2CC(C(=O)N3CCC(Oc4nc5ccccc5s4)CC3)CC2=O)c1. The topological polar surface area (TPSA) is 72.0 Å². The van der Waals surface area contributed by atoms with Crippen LogP contribution in [0.3, 0.4) is 0 Å². The Morgan fingerprint density at radius 3 is 2.72 bits per heavy atom. The fourth-order valence-electron chi connectivity index (χ4n) is 4.40. The molecule has 8 heteroatoms. The standard InChI is InChI=1S/C24H25N3O4S/c1-30-19-6-4-5-17(14-19)27-15-16(13-22(27)28)23(29)26-11-9-18(10-12-26)31-24-25-20-7-2-3-8-21(20)32-24/h2-8,14,16,18H,9-13,15H2,1H3. The molecule has 5 rings (SSSR count). The van der Waals surface area contributed by atoms with E-state index >= 15 is 0 Å². The molecule has 3 heterocycles. The summed E-state index contributed by atoms with van der Waals surface area (Å²) in [7, 11) is 1.60. The highest BCUT2D eigenvalue weighted by molar-refractivity contribution is 7.20. The van der Waals surface area contributed by atoms with Crippen LogP contribution >= 0.6 is 11.3 Å². The summed E-state index contributed by atoms with van der Waals surface area (Å²) in [5, 5.41) is 0.686. The largest absolute Gasteiger partial charge is 0.497 e. The lowest BCUT2D eigenvalue weighted by Gasteiger charge is -2.33. The summed E-state index contributed by atoms with van der Waals surface area (Å²) in [6, 6.07) is 15.4. The van der Waals surface area contributed by atoms with E-state index in [0.29, 0.717) is 30.6 Å². The molecular weight excluding hydrogens is 426 g/mol. The zero-order chi connectivity index (χ0) is 22.1. The lowest BCUT2D eigenvalue weighted by Crippen LogP contribution is -2.44. The maximum Gasteiger partial charge on any atom is 0.274 e. The van der Waals surface area contributed by atoms with Crippen LogP contribution in [0, 0.1) is 5.92 Å². The van der Waals surface area contributed by atoms with Gasteiger partial charge in [-0.05, 0) is 24.3 Å². The van der Waals surface area contributed by atoms with Gasteiger partial charge in [0, 0.05) is 50.7 Å². The van der Waals surface area contributed by atoms with E-state index in [1.54, 1.807) is 23.3 Å². The van der Waals surface area contributed by atoms with Crippen LogP contribution in [0.4, 0.5) is 5.69 Å². The Labute approximate surface area is 190 Å². The molecule has 2 saturated heterocycles. The predicted molar refractivity (Wildman–Crippen MR) is 123 cm³/mol. The van der Waals surface area contributed by atoms with Crippen molar-refractivity contribution >= 4 is 39.1 Å². The van der Waals surface area contributed by atoms with Gasteiger partial charge in [0.1, 0.15) is 11.9 Å². The van der Waals surface area contributed by atoms with Crippen LogP contribution in [0.2, 0.25) is 0 Å². The second-order valence-electron chi connectivity index (χ2n) is 8.20. The number of nitrogens with zero attached hydrogens (tertiary/aromatic N) is 3. The average molecular weight is 452 g/mol. The number of rotatable bonds is 5. The van der Waals surface area contributed by atoms with Crippen molar-refractivity contribution in [2.24, 2.45) is 5.92 Å². The summed E-state index contributed by atoms with van der Waals surface area (Å²) in [5.74, 6) is 0.420. The molecule has 2 aliphatic rings. The number of amides is 2. The molecule has 3 aromatic rings. The minimum Gasteiger partial charge on any atom is -0.497 e. The number of fused-ring (bicyclic) bond motifs is 1. The van der Waals surface area contributed by atoms with Crippen LogP contribution < -0.4 is 14.4 Å². The van der Waals surface area contributed by atoms with Gasteiger partial charge >= 0.3 is 0 Å². The molecule has 7 nitrogen and oxygen atoms in total. The van der Waals surface area contributed by atoms with Crippen molar-refractivity contribution in [3.05, 3.63) is 48.5 Å². The summed E-state index contributed by atoms with van der Waals surface area (Å²) in [5.41, 5.74) is 1.72. The predicted octanol–water partition coefficient (Wildman–Crippen LogP) is 3.73. The summed E-state index contributed by atoms with van der Waals surface area (Å²) >= 11 is 1.55. The minimum atomic E-state index is -0.310. The number of anilines is 1. The Kier molecular flexibility index (Phi) is 5.70. The molecule has 2 fully saturated rings. The number of hydrogen-bond donors (Lipinski definition) is 0. The maximum absolute atomic E-state index is 13.1. The summed E-state index contributed by atoms with van der Waals surface area (Å²) in [4.78, 5) is 33.8. The van der Waals surface area contributed by atoms with Gasteiger partial charge in [-0.15, -0.1) is 0 Å². The minimum absolute atomic E-state index is 0.0225. The van der Waals surface area contributed by atoms with Crippen molar-refractivity contribution in [1.29, 1.82) is 0 Å². The molecule has 0 N–H and O–H groups in total. The molecule has 166 valence electrons. The Hall–Kier alpha value is -3.13. The zero-order valence-corrected chi connectivity index (χ0v) is 18.7. The molecule has 2 amide bonds. The molecule has 2 aromatic carbocycles. The monoisotopic (exact) mass is 451 g/mol. The van der Waals surface area contributed by atoms with E-state index in [1.165, 1.54) is 0 Å². The number of ether oxygens (including phenoxy) is 2. The Balaban J connectivity index is 1.17. The first kappa shape index (κ1) is 20.8. The van der Waals surface area contributed by atoms with Crippen LogP contribution in [0.5, 0.6) is 10.9 Å². The van der Waals surface area contributed by atoms with Gasteiger partial charge < -0.3 is 19.3 Å². The average Bonchev–Trinajstić information content (AvgIpc) is 3.42. The third kappa shape index (κ3) is 4.14. The number of piperidine rings is 1. The summed E-state index contributed by atoms with van der Waals surface area (Å²) in [6.45, 7) is 1.68. The van der Waals surface area contributed by atoms with E-state index in [0.717, 1.165) is 28.7 Å². The number of thiazole rings is 1. The van der Waals surface area contributed by atoms with Gasteiger partial charge in [0.2, 0.25) is 11.8 Å². The summed E-state index contributed by atoms with van der Waals surface area (Å²) < 4.78 is 12.5. The molecule has 1 unspecified atom stereocenters. The first-order valence-electron chi connectivity index (χ1n) is 10.9. The number of para-hydroxylation sites is 1. The molecule has 32 heavy (non-hydrogen) atoms. The van der Waals surface area contributed by atoms with Crippen molar-refractivity contribution in [3.8, 4) is 10.9 Å². The zero-order valence-electron chi connectivity index (χ0n) is 17.9. The molecule has 0 radical (unpaired) electrons. The molecule has 1 atom stereocenters. The molecule has 1 aromatic heterocycles. The highest BCUT2D eigenvalue weighted by Crippen LogP contribution is 2.31. The third-order valence-electron chi connectivity index (χ3n) is 6.13. The van der Waals surface area contributed by atoms with E-state index in [2.05, 4.69) is 4.98 Å². The van der Waals surface area contributed by atoms with Gasteiger partial charge in [-0.3, -0.25) is 9.59 Å². The molecule has 0 spiro atoms. The lowest BCUT2D eigenvalue weighted by molar-refractivity contribution is -0.137. The fraction of sp³-hybridized carbons (Fsp3) is 0.375. The van der Waals surface area contributed by atoms with Gasteiger partial charge in [-0.25, -0.2) is 4.98 Å². The van der Waals surface area contributed by atoms with Crippen LogP contribution in [0.1, 0.15) is 19.3 Å². The number of carbonyl (C=O) groups is 2. The Morgan fingerprint density at radius 2 is 1.94 bits per heavy atom. The molecule has 2 aliphatic heterocycles. The van der Waals surface area contributed by atoms with Gasteiger partial charge in [0.05, 0.1) is 23.2 Å². The quantitative estimate of drug-likeness (QED) is 0.591. The van der Waals surface area contributed by atoms with Crippen molar-refractivity contribution in [2.75, 3.05) is 31.6 Å². The Bertz CT molecular complexity index is 1110. The van der Waals surface area contributed by atoms with Crippen molar-refractivity contribution in [1.82, 2.24) is 9.88 Å². The van der Waals surface area contributed by atoms with Gasteiger partial charge in [0.25, 0.3) is 5.19 Å². The molecule has 0 saturated carbocycles. The van der Waals surface area contributed by atoms with E-state index < -0.39 is 0 Å². The number of likely N-dealkylation sites (tertiary alicyclic amines) is 1. The van der Waals surface area contributed by atoms with E-state index in [-0.39, 0.29) is 30.3 Å². The number of methoxy groups -OCH3 is 1. The smallest absolute Gasteiger partial charge is 0.274 e. The maximum atomic E-state index is 13.1. The van der Waals surface area contributed by atoms with Crippen LogP contribution in [0.25, 0.3) is 10.2 Å². The van der Waals surface area contributed by atoms with Crippen molar-refractivity contribution < 1.29 is 19.1 Å². The van der Waals surface area contributed by atoms with Crippen LogP contribution in [0.15, 0.2) is 48.5 Å². The first-order chi connectivity index (χ1) is 15.6. The number of carbonyl (C=O) groups excluding carboxylic acids is 2. The highest BCUT2D eigenvalue weighted by Gasteiger charge is 2.38. The third-order valence-corrected chi connectivity index (χ3v) is 7.06. The number of hydrogen-bond acceptors (Lipinski definition) is 6. The normalized spacial score (nSPS) is 19.5. The molecule has 0 bridgehead atoms. The fourth-order valence-corrected chi connectivity index (χ4v) is 5.28. The number of aromatic nitrogens is 1. The second kappa shape index (κ2) is 8.78. The van der Waals surface area contributed by atoms with Gasteiger partial charge in [-0.1, -0.05) is 29.5 Å². The lowest BCUT2D eigenvalue weighted by atomic mass is 10.0. The van der Waals surface area contributed by atoms with Crippen LogP contribution in [-0.4, -0.2) is 54.5 Å². The highest BCUT2D eigenvalue weighted by atomic mass is 32.1. The summed E-state index contributed by atoms with van der Waals surface area (Å²) in [6.07, 6.45) is 1.83. The van der Waals surface area contributed by atoms with E-state index in [9.17, 15) is 9.59 Å². The second-order valence-corrected chi connectivity index (χ2v) is 9.19.